The van der Waals surface area contributed by atoms with E-state index in [1.807, 2.05) is 13.8 Å². The zero-order valence-electron chi connectivity index (χ0n) is 12.8. The first-order valence-corrected chi connectivity index (χ1v) is 8.07. The van der Waals surface area contributed by atoms with Crippen molar-refractivity contribution in [2.24, 2.45) is 0 Å². The number of hydrogen-bond acceptors (Lipinski definition) is 2. The molecule has 1 atom stereocenters. The monoisotopic (exact) mass is 311 g/mol. The molecule has 2 nitrogen and oxygen atoms in total. The van der Waals surface area contributed by atoms with E-state index in [-0.39, 0.29) is 12.2 Å². The summed E-state index contributed by atoms with van der Waals surface area (Å²) in [5.74, 6) is -0.305. The summed E-state index contributed by atoms with van der Waals surface area (Å²) in [4.78, 5) is 15.0. The molecule has 4 heteroatoms. The van der Waals surface area contributed by atoms with Crippen molar-refractivity contribution in [1.29, 1.82) is 0 Å². The third-order valence-corrected chi connectivity index (χ3v) is 4.94. The second-order valence-corrected chi connectivity index (χ2v) is 6.45. The molecule has 0 aliphatic carbocycles. The number of hydrogen-bond donors (Lipinski definition) is 0. The minimum absolute atomic E-state index is 0.0909. The molecule has 0 bridgehead atoms. The fourth-order valence-electron chi connectivity index (χ4n) is 3.01. The first kappa shape index (κ1) is 16.4. The number of nitrogens with zero attached hydrogens (tertiary/aromatic N) is 1. The number of carbonyl (C=O) groups excluding carboxylic acids is 1. The van der Waals surface area contributed by atoms with Crippen LogP contribution in [-0.2, 0) is 11.2 Å². The molecule has 0 radical (unpaired) electrons. The summed E-state index contributed by atoms with van der Waals surface area (Å²) in [6.07, 6.45) is 4.39. The van der Waals surface area contributed by atoms with Gasteiger partial charge in [0.2, 0.25) is 0 Å². The summed E-state index contributed by atoms with van der Waals surface area (Å²) in [6, 6.07) is 4.52. The number of Topliss-reactive ketones (excluding diaryl/α,β-unsaturated/α-hetero) is 1. The number of piperidine rings is 1. The molecule has 0 saturated carbocycles. The van der Waals surface area contributed by atoms with Gasteiger partial charge in [-0.3, -0.25) is 9.69 Å². The van der Waals surface area contributed by atoms with Gasteiger partial charge in [-0.2, -0.15) is 0 Å². The maximum absolute atomic E-state index is 13.9. The van der Waals surface area contributed by atoms with Crippen LogP contribution in [0.5, 0.6) is 0 Å². The summed E-state index contributed by atoms with van der Waals surface area (Å²) >= 11 is 5.76. The number of likely N-dealkylation sites (tertiary alicyclic amines) is 1. The van der Waals surface area contributed by atoms with Crippen LogP contribution in [0.25, 0.3) is 0 Å². The minimum atomic E-state index is -0.494. The van der Waals surface area contributed by atoms with Crippen LogP contribution in [0.3, 0.4) is 0 Å². The van der Waals surface area contributed by atoms with Crippen LogP contribution >= 0.6 is 11.6 Å². The van der Waals surface area contributed by atoms with Crippen molar-refractivity contribution in [2.75, 3.05) is 13.1 Å². The molecule has 21 heavy (non-hydrogen) atoms. The number of benzene rings is 1. The van der Waals surface area contributed by atoms with Crippen LogP contribution in [0.15, 0.2) is 18.2 Å². The second-order valence-electron chi connectivity index (χ2n) is 6.01. The number of ketones is 1. The molecule has 1 heterocycles. The third kappa shape index (κ3) is 3.64. The zero-order valence-corrected chi connectivity index (χ0v) is 13.5. The van der Waals surface area contributed by atoms with Gasteiger partial charge in [0, 0.05) is 11.4 Å². The Bertz CT molecular complexity index is 514. The first-order valence-electron chi connectivity index (χ1n) is 7.69. The Kier molecular flexibility index (Phi) is 5.39. The average molecular weight is 312 g/mol. The molecule has 0 amide bonds. The van der Waals surface area contributed by atoms with Gasteiger partial charge in [-0.1, -0.05) is 31.0 Å². The van der Waals surface area contributed by atoms with Gasteiger partial charge >= 0.3 is 0 Å². The molecule has 2 rings (SSSR count). The lowest BCUT2D eigenvalue weighted by atomic mass is 9.85. The molecule has 0 N–H and O–H groups in total. The Labute approximate surface area is 131 Å². The van der Waals surface area contributed by atoms with Crippen LogP contribution in [0.4, 0.5) is 4.39 Å². The summed E-state index contributed by atoms with van der Waals surface area (Å²) < 4.78 is 13.9. The summed E-state index contributed by atoms with van der Waals surface area (Å²) in [7, 11) is 0. The fourth-order valence-corrected chi connectivity index (χ4v) is 3.17. The van der Waals surface area contributed by atoms with Crippen LogP contribution in [0.2, 0.25) is 5.02 Å². The van der Waals surface area contributed by atoms with Crippen molar-refractivity contribution in [3.63, 3.8) is 0 Å². The second kappa shape index (κ2) is 6.89. The molecule has 1 aliphatic rings. The van der Waals surface area contributed by atoms with E-state index in [9.17, 15) is 9.18 Å². The van der Waals surface area contributed by atoms with Crippen molar-refractivity contribution < 1.29 is 9.18 Å². The van der Waals surface area contributed by atoms with Gasteiger partial charge in [-0.25, -0.2) is 4.39 Å². The first-order chi connectivity index (χ1) is 9.97. The molecular formula is C17H23ClFNO. The highest BCUT2D eigenvalue weighted by molar-refractivity contribution is 6.30. The van der Waals surface area contributed by atoms with Gasteiger partial charge in [0.05, 0.1) is 5.54 Å². The molecule has 0 aromatic heterocycles. The van der Waals surface area contributed by atoms with Crippen molar-refractivity contribution >= 4 is 17.4 Å². The van der Waals surface area contributed by atoms with Crippen LogP contribution in [0, 0.1) is 5.82 Å². The van der Waals surface area contributed by atoms with E-state index in [0.29, 0.717) is 10.6 Å². The van der Waals surface area contributed by atoms with E-state index < -0.39 is 11.4 Å². The highest BCUT2D eigenvalue weighted by Crippen LogP contribution is 2.27. The molecule has 1 unspecified atom stereocenters. The lowest BCUT2D eigenvalue weighted by molar-refractivity contribution is -0.130. The van der Waals surface area contributed by atoms with Crippen LogP contribution in [0.1, 0.15) is 45.1 Å². The van der Waals surface area contributed by atoms with Crippen molar-refractivity contribution in [3.05, 3.63) is 34.6 Å². The highest BCUT2D eigenvalue weighted by Gasteiger charge is 2.37. The van der Waals surface area contributed by atoms with E-state index in [2.05, 4.69) is 4.90 Å². The molecule has 1 saturated heterocycles. The van der Waals surface area contributed by atoms with Gasteiger partial charge in [0.25, 0.3) is 0 Å². The van der Waals surface area contributed by atoms with Crippen molar-refractivity contribution in [1.82, 2.24) is 4.90 Å². The van der Waals surface area contributed by atoms with Gasteiger partial charge in [-0.15, -0.1) is 0 Å². The van der Waals surface area contributed by atoms with Crippen molar-refractivity contribution in [2.45, 2.75) is 51.5 Å². The van der Waals surface area contributed by atoms with E-state index in [1.54, 1.807) is 12.1 Å². The zero-order chi connectivity index (χ0) is 15.5. The Balaban J connectivity index is 2.15. The molecular weight excluding hydrogens is 289 g/mol. The topological polar surface area (TPSA) is 20.3 Å². The normalized spacial score (nSPS) is 19.2. The van der Waals surface area contributed by atoms with E-state index in [1.165, 1.54) is 12.5 Å². The number of halogens is 2. The Hall–Kier alpha value is -0.930. The summed E-state index contributed by atoms with van der Waals surface area (Å²) in [5, 5.41) is 0.359. The van der Waals surface area contributed by atoms with Gasteiger partial charge in [0.15, 0.2) is 5.78 Å². The summed E-state index contributed by atoms with van der Waals surface area (Å²) in [5.41, 5.74) is -0.0620. The predicted molar refractivity (Wildman–Crippen MR) is 84.2 cm³/mol. The molecule has 1 aliphatic heterocycles. The quantitative estimate of drug-likeness (QED) is 0.810. The predicted octanol–water partition coefficient (Wildman–Crippen LogP) is 4.25. The molecule has 1 aromatic carbocycles. The molecule has 1 fully saturated rings. The number of carbonyl (C=O) groups is 1. The van der Waals surface area contributed by atoms with Crippen molar-refractivity contribution in [3.8, 4) is 0 Å². The van der Waals surface area contributed by atoms with Gasteiger partial charge < -0.3 is 0 Å². The van der Waals surface area contributed by atoms with E-state index >= 15 is 0 Å². The third-order valence-electron chi connectivity index (χ3n) is 4.71. The maximum Gasteiger partial charge on any atom is 0.157 e. The van der Waals surface area contributed by atoms with Crippen LogP contribution < -0.4 is 0 Å². The van der Waals surface area contributed by atoms with E-state index in [0.717, 1.165) is 32.4 Å². The fraction of sp³-hybridized carbons (Fsp3) is 0.588. The molecule has 116 valence electrons. The molecule has 0 spiro atoms. The Morgan fingerprint density at radius 3 is 2.57 bits per heavy atom. The average Bonchev–Trinajstić information content (AvgIpc) is 2.50. The summed E-state index contributed by atoms with van der Waals surface area (Å²) in [6.45, 7) is 5.94. The lowest BCUT2D eigenvalue weighted by Gasteiger charge is -2.42. The Morgan fingerprint density at radius 1 is 1.33 bits per heavy atom. The Morgan fingerprint density at radius 2 is 2.00 bits per heavy atom. The van der Waals surface area contributed by atoms with Crippen LogP contribution in [-0.4, -0.2) is 29.3 Å². The standard InChI is InChI=1S/C17H23ClFNO/c1-3-17(2,20-9-5-4-6-10-20)16(21)11-13-7-8-14(18)12-15(13)19/h7-8,12H,3-6,9-11H2,1-2H3. The smallest absolute Gasteiger partial charge is 0.157 e. The SMILES string of the molecule is CCC(C)(C(=O)Cc1ccc(Cl)cc1F)N1CCCCC1. The maximum atomic E-state index is 13.9. The minimum Gasteiger partial charge on any atom is -0.297 e. The lowest BCUT2D eigenvalue weighted by Crippen LogP contribution is -2.54. The van der Waals surface area contributed by atoms with E-state index in [4.69, 9.17) is 11.6 Å². The largest absolute Gasteiger partial charge is 0.297 e. The molecule has 1 aromatic rings. The van der Waals surface area contributed by atoms with Gasteiger partial charge in [-0.05, 0) is 57.0 Å². The highest BCUT2D eigenvalue weighted by atomic mass is 35.5. The van der Waals surface area contributed by atoms with Gasteiger partial charge in [0.1, 0.15) is 5.82 Å². The number of rotatable bonds is 5.